The first-order valence-corrected chi connectivity index (χ1v) is 12.1. The van der Waals surface area contributed by atoms with Gasteiger partial charge in [-0.05, 0) is 45.6 Å². The van der Waals surface area contributed by atoms with Gasteiger partial charge < -0.3 is 9.42 Å². The van der Waals surface area contributed by atoms with Gasteiger partial charge in [0.1, 0.15) is 10.6 Å². The van der Waals surface area contributed by atoms with Crippen LogP contribution in [0.15, 0.2) is 9.42 Å². The first-order valence-electron chi connectivity index (χ1n) is 10.7. The molecule has 0 aliphatic carbocycles. The van der Waals surface area contributed by atoms with Crippen LogP contribution in [0.25, 0.3) is 0 Å². The van der Waals surface area contributed by atoms with E-state index in [1.54, 1.807) is 13.8 Å². The van der Waals surface area contributed by atoms with Crippen LogP contribution in [0.4, 0.5) is 0 Å². The molecule has 0 spiro atoms. The monoisotopic (exact) mass is 426 g/mol. The molecular weight excluding hydrogens is 392 g/mol. The highest BCUT2D eigenvalue weighted by atomic mass is 32.2. The maximum Gasteiger partial charge on any atom is 0.248 e. The zero-order chi connectivity index (χ0) is 21.2. The van der Waals surface area contributed by atoms with Crippen LogP contribution < -0.4 is 0 Å². The van der Waals surface area contributed by atoms with E-state index < -0.39 is 10.0 Å². The minimum absolute atomic E-state index is 0.0726. The lowest BCUT2D eigenvalue weighted by Crippen LogP contribution is -2.51. The molecule has 0 saturated carbocycles. The summed E-state index contributed by atoms with van der Waals surface area (Å²) < 4.78 is 32.5. The Morgan fingerprint density at radius 2 is 1.76 bits per heavy atom. The minimum Gasteiger partial charge on any atom is -0.360 e. The van der Waals surface area contributed by atoms with Gasteiger partial charge in [0.15, 0.2) is 5.76 Å². The number of sulfonamides is 1. The molecule has 3 rings (SSSR count). The third-order valence-corrected chi connectivity index (χ3v) is 8.53. The van der Waals surface area contributed by atoms with Gasteiger partial charge in [0, 0.05) is 45.2 Å². The van der Waals surface area contributed by atoms with E-state index in [2.05, 4.69) is 17.0 Å². The molecule has 2 aliphatic heterocycles. The van der Waals surface area contributed by atoms with E-state index in [0.717, 1.165) is 39.1 Å². The Hall–Kier alpha value is -1.45. The second-order valence-corrected chi connectivity index (χ2v) is 10.2. The molecule has 2 aliphatic rings. The van der Waals surface area contributed by atoms with Crippen LogP contribution in [0.1, 0.15) is 44.6 Å². The van der Waals surface area contributed by atoms with E-state index in [1.807, 2.05) is 11.8 Å². The van der Waals surface area contributed by atoms with Crippen molar-refractivity contribution in [1.82, 2.24) is 19.3 Å². The summed E-state index contributed by atoms with van der Waals surface area (Å²) in [4.78, 5) is 17.6. The Kier molecular flexibility index (Phi) is 7.01. The SMILES string of the molecule is CCCN1CCN(C(=O)C(C)C2CCN(S(=O)(=O)c3c(C)noc3C)CC2)CC1. The van der Waals surface area contributed by atoms with Crippen molar-refractivity contribution in [3.63, 3.8) is 0 Å². The molecule has 0 aromatic carbocycles. The molecule has 8 nitrogen and oxygen atoms in total. The summed E-state index contributed by atoms with van der Waals surface area (Å²) in [5.74, 6) is 0.687. The molecule has 1 amide bonds. The number of rotatable bonds is 6. The van der Waals surface area contributed by atoms with Gasteiger partial charge in [-0.15, -0.1) is 0 Å². The quantitative estimate of drug-likeness (QED) is 0.690. The van der Waals surface area contributed by atoms with Gasteiger partial charge in [-0.25, -0.2) is 8.42 Å². The summed E-state index contributed by atoms with van der Waals surface area (Å²) in [7, 11) is -3.61. The average molecular weight is 427 g/mol. The van der Waals surface area contributed by atoms with Gasteiger partial charge in [0.2, 0.25) is 15.9 Å². The van der Waals surface area contributed by atoms with Crippen LogP contribution in [-0.4, -0.2) is 79.4 Å². The van der Waals surface area contributed by atoms with E-state index in [1.165, 1.54) is 4.31 Å². The third-order valence-electron chi connectivity index (χ3n) is 6.38. The Morgan fingerprint density at radius 1 is 1.14 bits per heavy atom. The summed E-state index contributed by atoms with van der Waals surface area (Å²) in [6.45, 7) is 12.9. The number of carbonyl (C=O) groups excluding carboxylic acids is 1. The fourth-order valence-corrected chi connectivity index (χ4v) is 6.35. The standard InChI is InChI=1S/C20H34N4O4S/c1-5-8-22-11-13-23(14-12-22)20(25)15(2)18-6-9-24(10-7-18)29(26,27)19-16(3)21-28-17(19)4/h15,18H,5-14H2,1-4H3. The molecule has 9 heteroatoms. The normalized spacial score (nSPS) is 21.4. The van der Waals surface area contributed by atoms with Crippen molar-refractivity contribution in [3.05, 3.63) is 11.5 Å². The Labute approximate surface area is 174 Å². The average Bonchev–Trinajstić information content (AvgIpc) is 3.06. The summed E-state index contributed by atoms with van der Waals surface area (Å²) in [5.41, 5.74) is 0.399. The van der Waals surface area contributed by atoms with Crippen molar-refractivity contribution >= 4 is 15.9 Å². The number of aryl methyl sites for hydroxylation is 2. The highest BCUT2D eigenvalue weighted by Crippen LogP contribution is 2.31. The molecule has 0 N–H and O–H groups in total. The Bertz CT molecular complexity index is 787. The van der Waals surface area contributed by atoms with Gasteiger partial charge >= 0.3 is 0 Å². The Balaban J connectivity index is 1.56. The first kappa shape index (κ1) is 22.2. The predicted molar refractivity (Wildman–Crippen MR) is 110 cm³/mol. The summed E-state index contributed by atoms with van der Waals surface area (Å²) in [6, 6.07) is 0. The summed E-state index contributed by atoms with van der Waals surface area (Å²) >= 11 is 0. The number of hydrogen-bond acceptors (Lipinski definition) is 6. The predicted octanol–water partition coefficient (Wildman–Crippen LogP) is 1.88. The lowest BCUT2D eigenvalue weighted by molar-refractivity contribution is -0.139. The van der Waals surface area contributed by atoms with Crippen molar-refractivity contribution in [2.45, 2.75) is 51.9 Å². The second kappa shape index (κ2) is 9.14. The van der Waals surface area contributed by atoms with Crippen molar-refractivity contribution in [1.29, 1.82) is 0 Å². The lowest BCUT2D eigenvalue weighted by atomic mass is 9.85. The van der Waals surface area contributed by atoms with E-state index in [0.29, 0.717) is 37.4 Å². The maximum atomic E-state index is 13.0. The summed E-state index contributed by atoms with van der Waals surface area (Å²) in [6.07, 6.45) is 2.54. The maximum absolute atomic E-state index is 13.0. The molecular formula is C20H34N4O4S. The number of piperidine rings is 1. The highest BCUT2D eigenvalue weighted by Gasteiger charge is 2.37. The third kappa shape index (κ3) is 4.67. The zero-order valence-corrected chi connectivity index (χ0v) is 18.9. The van der Waals surface area contributed by atoms with Crippen molar-refractivity contribution in [3.8, 4) is 0 Å². The molecule has 1 atom stereocenters. The van der Waals surface area contributed by atoms with Gasteiger partial charge in [0.05, 0.1) is 0 Å². The topological polar surface area (TPSA) is 87.0 Å². The van der Waals surface area contributed by atoms with Crippen LogP contribution in [0.5, 0.6) is 0 Å². The van der Waals surface area contributed by atoms with Crippen LogP contribution >= 0.6 is 0 Å². The number of carbonyl (C=O) groups is 1. The smallest absolute Gasteiger partial charge is 0.248 e. The Morgan fingerprint density at radius 3 is 2.28 bits per heavy atom. The molecule has 0 bridgehead atoms. The number of nitrogens with zero attached hydrogens (tertiary/aromatic N) is 4. The van der Waals surface area contributed by atoms with Crippen molar-refractivity contribution in [2.24, 2.45) is 11.8 Å². The molecule has 2 fully saturated rings. The van der Waals surface area contributed by atoms with Crippen LogP contribution in [0.2, 0.25) is 0 Å². The van der Waals surface area contributed by atoms with Gasteiger partial charge in [-0.3, -0.25) is 9.69 Å². The lowest BCUT2D eigenvalue weighted by Gasteiger charge is -2.39. The molecule has 1 unspecified atom stereocenters. The molecule has 29 heavy (non-hydrogen) atoms. The highest BCUT2D eigenvalue weighted by molar-refractivity contribution is 7.89. The van der Waals surface area contributed by atoms with E-state index in [4.69, 9.17) is 4.52 Å². The van der Waals surface area contributed by atoms with E-state index in [-0.39, 0.29) is 22.6 Å². The second-order valence-electron chi connectivity index (χ2n) is 8.35. The fourth-order valence-electron chi connectivity index (χ4n) is 4.59. The minimum atomic E-state index is -3.61. The number of aromatic nitrogens is 1. The van der Waals surface area contributed by atoms with Crippen LogP contribution in [0.3, 0.4) is 0 Å². The zero-order valence-electron chi connectivity index (χ0n) is 18.1. The molecule has 3 heterocycles. The number of amides is 1. The van der Waals surface area contributed by atoms with Gasteiger partial charge in [-0.2, -0.15) is 4.31 Å². The van der Waals surface area contributed by atoms with Crippen molar-refractivity contribution < 1.29 is 17.7 Å². The molecule has 164 valence electrons. The van der Waals surface area contributed by atoms with E-state index >= 15 is 0 Å². The molecule has 1 aromatic rings. The first-order chi connectivity index (χ1) is 13.8. The fraction of sp³-hybridized carbons (Fsp3) is 0.800. The largest absolute Gasteiger partial charge is 0.360 e. The molecule has 1 aromatic heterocycles. The van der Waals surface area contributed by atoms with Crippen LogP contribution in [0, 0.1) is 25.7 Å². The number of piperazine rings is 1. The van der Waals surface area contributed by atoms with Gasteiger partial charge in [0.25, 0.3) is 0 Å². The molecule has 0 radical (unpaired) electrons. The number of hydrogen-bond donors (Lipinski definition) is 0. The molecule has 2 saturated heterocycles. The summed E-state index contributed by atoms with van der Waals surface area (Å²) in [5, 5.41) is 3.78. The van der Waals surface area contributed by atoms with Crippen LogP contribution in [-0.2, 0) is 14.8 Å². The van der Waals surface area contributed by atoms with Gasteiger partial charge in [-0.1, -0.05) is 19.0 Å². The van der Waals surface area contributed by atoms with E-state index in [9.17, 15) is 13.2 Å². The van der Waals surface area contributed by atoms with Crippen molar-refractivity contribution in [2.75, 3.05) is 45.8 Å².